The zero-order chi connectivity index (χ0) is 22.2. The van der Waals surface area contributed by atoms with Crippen molar-refractivity contribution >= 4 is 29.9 Å². The summed E-state index contributed by atoms with van der Waals surface area (Å²) < 4.78 is 83.6. The second kappa shape index (κ2) is 8.83. The van der Waals surface area contributed by atoms with Gasteiger partial charge in [-0.2, -0.15) is 8.61 Å². The zero-order valence-electron chi connectivity index (χ0n) is 17.1. The Morgan fingerprint density at radius 2 is 1.63 bits per heavy atom. The SMILES string of the molecule is CC(C)CN(C1CCS(=O)(=O)C1)S(=O)(=O)c1ccc(S(=O)(=O)N2CCOCC2)cc1. The molecule has 2 aliphatic heterocycles. The molecule has 0 aliphatic carbocycles. The highest BCUT2D eigenvalue weighted by atomic mass is 32.2. The van der Waals surface area contributed by atoms with Gasteiger partial charge in [-0.3, -0.25) is 0 Å². The molecule has 3 rings (SSSR count). The quantitative estimate of drug-likeness (QED) is 0.559. The van der Waals surface area contributed by atoms with E-state index in [1.54, 1.807) is 0 Å². The molecule has 0 amide bonds. The molecule has 1 atom stereocenters. The van der Waals surface area contributed by atoms with Gasteiger partial charge in [0.1, 0.15) is 0 Å². The molecule has 30 heavy (non-hydrogen) atoms. The molecule has 170 valence electrons. The fourth-order valence-corrected chi connectivity index (χ4v) is 8.71. The normalized spacial score (nSPS) is 23.3. The fourth-order valence-electron chi connectivity index (χ4n) is 3.66. The van der Waals surface area contributed by atoms with E-state index >= 15 is 0 Å². The molecule has 2 aliphatic rings. The largest absolute Gasteiger partial charge is 0.379 e. The maximum absolute atomic E-state index is 13.3. The summed E-state index contributed by atoms with van der Waals surface area (Å²) in [5, 5.41) is 0. The molecule has 0 N–H and O–H groups in total. The van der Waals surface area contributed by atoms with Crippen LogP contribution in [0.15, 0.2) is 34.1 Å². The van der Waals surface area contributed by atoms with Crippen LogP contribution in [0.2, 0.25) is 0 Å². The van der Waals surface area contributed by atoms with Crippen molar-refractivity contribution in [2.24, 2.45) is 5.92 Å². The number of ether oxygens (including phenoxy) is 1. The highest BCUT2D eigenvalue weighted by molar-refractivity contribution is 7.92. The average molecular weight is 481 g/mol. The van der Waals surface area contributed by atoms with Crippen molar-refractivity contribution in [2.75, 3.05) is 44.4 Å². The molecule has 2 fully saturated rings. The van der Waals surface area contributed by atoms with E-state index in [0.29, 0.717) is 13.2 Å². The van der Waals surface area contributed by atoms with E-state index in [0.717, 1.165) is 0 Å². The number of nitrogens with zero attached hydrogens (tertiary/aromatic N) is 2. The molecule has 0 aromatic heterocycles. The van der Waals surface area contributed by atoms with Gasteiger partial charge in [0.15, 0.2) is 9.84 Å². The summed E-state index contributed by atoms with van der Waals surface area (Å²) in [5.41, 5.74) is 0. The molecule has 12 heteroatoms. The summed E-state index contributed by atoms with van der Waals surface area (Å²) in [4.78, 5) is -0.0319. The molecule has 1 aromatic rings. The predicted octanol–water partition coefficient (Wildman–Crippen LogP) is 0.541. The van der Waals surface area contributed by atoms with Gasteiger partial charge in [-0.1, -0.05) is 13.8 Å². The van der Waals surface area contributed by atoms with Crippen molar-refractivity contribution in [3.05, 3.63) is 24.3 Å². The van der Waals surface area contributed by atoms with Crippen LogP contribution in [0, 0.1) is 5.92 Å². The first-order chi connectivity index (χ1) is 13.9. The number of morpholine rings is 1. The van der Waals surface area contributed by atoms with Crippen LogP contribution in [-0.4, -0.2) is 84.3 Å². The highest BCUT2D eigenvalue weighted by Crippen LogP contribution is 2.27. The van der Waals surface area contributed by atoms with Crippen LogP contribution in [0.1, 0.15) is 20.3 Å². The second-order valence-corrected chi connectivity index (χ2v) is 14.1. The van der Waals surface area contributed by atoms with E-state index < -0.39 is 35.9 Å². The molecule has 2 saturated heterocycles. The van der Waals surface area contributed by atoms with Gasteiger partial charge in [0.05, 0.1) is 34.5 Å². The topological polar surface area (TPSA) is 118 Å². The Labute approximate surface area is 179 Å². The number of sulfone groups is 1. The minimum atomic E-state index is -3.98. The van der Waals surface area contributed by atoms with Gasteiger partial charge in [0.2, 0.25) is 20.0 Å². The number of sulfonamides is 2. The maximum Gasteiger partial charge on any atom is 0.243 e. The minimum absolute atomic E-state index is 0.00375. The second-order valence-electron chi connectivity index (χ2n) is 8.01. The lowest BCUT2D eigenvalue weighted by atomic mass is 10.2. The summed E-state index contributed by atoms with van der Waals surface area (Å²) >= 11 is 0. The highest BCUT2D eigenvalue weighted by Gasteiger charge is 2.39. The maximum atomic E-state index is 13.3. The lowest BCUT2D eigenvalue weighted by molar-refractivity contribution is 0.0730. The van der Waals surface area contributed by atoms with Gasteiger partial charge >= 0.3 is 0 Å². The predicted molar refractivity (Wildman–Crippen MR) is 112 cm³/mol. The number of rotatable bonds is 7. The standard InChI is InChI=1S/C18H28N2O7S3/c1-15(2)13-20(16-7-12-28(21,22)14-16)30(25,26)18-5-3-17(4-6-18)29(23,24)19-8-10-27-11-9-19/h3-6,15-16H,7-14H2,1-2H3. The molecule has 1 aromatic carbocycles. The molecular formula is C18H28N2O7S3. The van der Waals surface area contributed by atoms with Crippen LogP contribution >= 0.6 is 0 Å². The molecule has 2 heterocycles. The Hall–Kier alpha value is -1.05. The van der Waals surface area contributed by atoms with Crippen LogP contribution in [0.4, 0.5) is 0 Å². The lowest BCUT2D eigenvalue weighted by Gasteiger charge is -2.29. The van der Waals surface area contributed by atoms with Gasteiger partial charge < -0.3 is 4.74 Å². The number of hydrogen-bond acceptors (Lipinski definition) is 7. The van der Waals surface area contributed by atoms with Crippen LogP contribution in [-0.2, 0) is 34.6 Å². The molecule has 0 bridgehead atoms. The van der Waals surface area contributed by atoms with E-state index in [1.807, 2.05) is 13.8 Å². The van der Waals surface area contributed by atoms with Gasteiger partial charge in [-0.15, -0.1) is 0 Å². The first kappa shape index (κ1) is 23.6. The third kappa shape index (κ3) is 5.05. The molecule has 1 unspecified atom stereocenters. The Morgan fingerprint density at radius 1 is 1.07 bits per heavy atom. The summed E-state index contributed by atoms with van der Waals surface area (Å²) in [5.74, 6) is -0.218. The number of benzene rings is 1. The molecular weight excluding hydrogens is 452 g/mol. The zero-order valence-corrected chi connectivity index (χ0v) is 19.5. The van der Waals surface area contributed by atoms with E-state index in [9.17, 15) is 25.3 Å². The summed E-state index contributed by atoms with van der Waals surface area (Å²) in [7, 11) is -11.0. The monoisotopic (exact) mass is 480 g/mol. The minimum Gasteiger partial charge on any atom is -0.379 e. The first-order valence-electron chi connectivity index (χ1n) is 9.84. The van der Waals surface area contributed by atoms with Crippen LogP contribution in [0.25, 0.3) is 0 Å². The van der Waals surface area contributed by atoms with Crippen LogP contribution < -0.4 is 0 Å². The van der Waals surface area contributed by atoms with Crippen molar-refractivity contribution in [1.82, 2.24) is 8.61 Å². The van der Waals surface area contributed by atoms with Crippen molar-refractivity contribution in [3.63, 3.8) is 0 Å². The molecule has 9 nitrogen and oxygen atoms in total. The molecule has 0 saturated carbocycles. The van der Waals surface area contributed by atoms with Crippen molar-refractivity contribution < 1.29 is 30.0 Å². The number of hydrogen-bond donors (Lipinski definition) is 0. The Kier molecular flexibility index (Phi) is 6.95. The van der Waals surface area contributed by atoms with Gasteiger partial charge in [0, 0.05) is 25.7 Å². The molecule has 0 spiro atoms. The third-order valence-corrected chi connectivity index (χ3v) is 10.8. The third-order valence-electron chi connectivity index (χ3n) is 5.20. The van der Waals surface area contributed by atoms with E-state index in [-0.39, 0.29) is 53.3 Å². The van der Waals surface area contributed by atoms with Crippen molar-refractivity contribution in [2.45, 2.75) is 36.1 Å². The van der Waals surface area contributed by atoms with Crippen LogP contribution in [0.3, 0.4) is 0 Å². The van der Waals surface area contributed by atoms with E-state index in [2.05, 4.69) is 0 Å². The first-order valence-corrected chi connectivity index (χ1v) is 14.5. The summed E-state index contributed by atoms with van der Waals surface area (Å²) in [6.07, 6.45) is 0.262. The lowest BCUT2D eigenvalue weighted by Crippen LogP contribution is -2.43. The Balaban J connectivity index is 1.89. The average Bonchev–Trinajstić information content (AvgIpc) is 3.06. The summed E-state index contributed by atoms with van der Waals surface area (Å²) in [6, 6.07) is 4.52. The summed E-state index contributed by atoms with van der Waals surface area (Å²) in [6.45, 7) is 5.06. The smallest absolute Gasteiger partial charge is 0.243 e. The van der Waals surface area contributed by atoms with Crippen molar-refractivity contribution in [1.29, 1.82) is 0 Å². The fraction of sp³-hybridized carbons (Fsp3) is 0.667. The van der Waals surface area contributed by atoms with E-state index in [4.69, 9.17) is 4.74 Å². The Morgan fingerprint density at radius 3 is 2.13 bits per heavy atom. The van der Waals surface area contributed by atoms with Gasteiger partial charge in [-0.25, -0.2) is 25.3 Å². The Bertz CT molecular complexity index is 1060. The van der Waals surface area contributed by atoms with Gasteiger partial charge in [0.25, 0.3) is 0 Å². The van der Waals surface area contributed by atoms with Crippen LogP contribution in [0.5, 0.6) is 0 Å². The van der Waals surface area contributed by atoms with Gasteiger partial charge in [-0.05, 0) is 36.6 Å². The molecule has 0 radical (unpaired) electrons. The van der Waals surface area contributed by atoms with E-state index in [1.165, 1.54) is 32.9 Å². The van der Waals surface area contributed by atoms with Crippen molar-refractivity contribution in [3.8, 4) is 0 Å².